The van der Waals surface area contributed by atoms with Gasteiger partial charge in [-0.05, 0) is 65.7 Å². The molecule has 1 aliphatic rings. The van der Waals surface area contributed by atoms with Gasteiger partial charge < -0.3 is 14.2 Å². The van der Waals surface area contributed by atoms with Gasteiger partial charge in [-0.25, -0.2) is 4.99 Å². The highest BCUT2D eigenvalue weighted by Gasteiger charge is 2.33. The molecule has 0 radical (unpaired) electrons. The molecule has 1 aliphatic heterocycles. The van der Waals surface area contributed by atoms with E-state index in [9.17, 15) is 4.79 Å². The third kappa shape index (κ3) is 4.97. The van der Waals surface area contributed by atoms with E-state index in [1.54, 1.807) is 26.2 Å². The van der Waals surface area contributed by atoms with Crippen LogP contribution in [-0.4, -0.2) is 43.8 Å². The lowest BCUT2D eigenvalue weighted by atomic mass is 10.1. The Balaban J connectivity index is 1.94. The van der Waals surface area contributed by atoms with Crippen molar-refractivity contribution in [3.63, 3.8) is 0 Å². The summed E-state index contributed by atoms with van der Waals surface area (Å²) in [6.45, 7) is 4.77. The van der Waals surface area contributed by atoms with Gasteiger partial charge >= 0.3 is 0 Å². The monoisotopic (exact) mass is 426 g/mol. The molecule has 1 amide bonds. The van der Waals surface area contributed by atoms with Crippen LogP contribution in [-0.2, 0) is 4.79 Å². The Labute approximate surface area is 181 Å². The van der Waals surface area contributed by atoms with Crippen LogP contribution in [0.4, 0.5) is 5.69 Å². The fourth-order valence-corrected chi connectivity index (χ4v) is 3.99. The van der Waals surface area contributed by atoms with Crippen LogP contribution < -0.4 is 14.2 Å². The lowest BCUT2D eigenvalue weighted by Crippen LogP contribution is -2.32. The predicted molar refractivity (Wildman–Crippen MR) is 122 cm³/mol. The molecule has 3 rings (SSSR count). The van der Waals surface area contributed by atoms with Gasteiger partial charge in [0.1, 0.15) is 5.75 Å². The zero-order valence-electron chi connectivity index (χ0n) is 17.8. The highest BCUT2D eigenvalue weighted by molar-refractivity contribution is 8.18. The molecule has 0 saturated carbocycles. The number of amides is 1. The van der Waals surface area contributed by atoms with Crippen molar-refractivity contribution in [1.82, 2.24) is 4.90 Å². The molecule has 0 bridgehead atoms. The van der Waals surface area contributed by atoms with Crippen molar-refractivity contribution in [3.05, 3.63) is 52.9 Å². The van der Waals surface area contributed by atoms with E-state index in [4.69, 9.17) is 19.2 Å². The van der Waals surface area contributed by atoms with Gasteiger partial charge in [0.2, 0.25) is 0 Å². The van der Waals surface area contributed by atoms with Crippen molar-refractivity contribution < 1.29 is 19.0 Å². The summed E-state index contributed by atoms with van der Waals surface area (Å²) in [7, 11) is 4.81. The SMILES string of the molecule is COc1ccc(N=C2SC(=Cc3ccc(OC)c(OC)c3)C(=O)N2CC(C)C)cc1. The number of rotatable bonds is 7. The summed E-state index contributed by atoms with van der Waals surface area (Å²) < 4.78 is 15.9. The molecule has 7 heteroatoms. The first kappa shape index (κ1) is 21.8. The van der Waals surface area contributed by atoms with Crippen LogP contribution in [0.3, 0.4) is 0 Å². The highest BCUT2D eigenvalue weighted by atomic mass is 32.2. The van der Waals surface area contributed by atoms with Gasteiger partial charge in [0.25, 0.3) is 5.91 Å². The predicted octanol–water partition coefficient (Wildman–Crippen LogP) is 4.97. The number of benzene rings is 2. The number of hydrogen-bond acceptors (Lipinski definition) is 6. The van der Waals surface area contributed by atoms with Crippen molar-refractivity contribution in [2.45, 2.75) is 13.8 Å². The van der Waals surface area contributed by atoms with E-state index in [0.717, 1.165) is 17.0 Å². The zero-order chi connectivity index (χ0) is 21.7. The number of hydrogen-bond donors (Lipinski definition) is 0. The van der Waals surface area contributed by atoms with Gasteiger partial charge in [-0.3, -0.25) is 9.69 Å². The van der Waals surface area contributed by atoms with E-state index < -0.39 is 0 Å². The molecule has 0 unspecified atom stereocenters. The summed E-state index contributed by atoms with van der Waals surface area (Å²) in [6, 6.07) is 13.0. The number of carbonyl (C=O) groups excluding carboxylic acids is 1. The first-order valence-corrected chi connectivity index (χ1v) is 10.4. The summed E-state index contributed by atoms with van der Waals surface area (Å²) in [5.74, 6) is 2.30. The van der Waals surface area contributed by atoms with Crippen molar-refractivity contribution in [2.24, 2.45) is 10.9 Å². The molecule has 0 aliphatic carbocycles. The second-order valence-electron chi connectivity index (χ2n) is 7.13. The maximum Gasteiger partial charge on any atom is 0.266 e. The van der Waals surface area contributed by atoms with Gasteiger partial charge in [0.15, 0.2) is 16.7 Å². The molecule has 0 aromatic heterocycles. The second-order valence-corrected chi connectivity index (χ2v) is 8.14. The first-order valence-electron chi connectivity index (χ1n) is 9.61. The third-order valence-electron chi connectivity index (χ3n) is 4.44. The summed E-state index contributed by atoms with van der Waals surface area (Å²) in [5, 5.41) is 0.672. The number of aliphatic imine (C=N–C) groups is 1. The third-order valence-corrected chi connectivity index (χ3v) is 5.44. The Morgan fingerprint density at radius 2 is 1.70 bits per heavy atom. The zero-order valence-corrected chi connectivity index (χ0v) is 18.7. The van der Waals surface area contributed by atoms with Crippen LogP contribution in [0.1, 0.15) is 19.4 Å². The molecular formula is C23H26N2O4S. The minimum atomic E-state index is -0.0456. The number of carbonyl (C=O) groups is 1. The van der Waals surface area contributed by atoms with E-state index in [0.29, 0.717) is 34.0 Å². The Kier molecular flexibility index (Phi) is 7.05. The van der Waals surface area contributed by atoms with Crippen LogP contribution in [0.2, 0.25) is 0 Å². The Morgan fingerprint density at radius 3 is 2.30 bits per heavy atom. The topological polar surface area (TPSA) is 60.4 Å². The van der Waals surface area contributed by atoms with E-state index in [1.807, 2.05) is 48.5 Å². The first-order chi connectivity index (χ1) is 14.4. The molecule has 2 aromatic carbocycles. The van der Waals surface area contributed by atoms with Crippen molar-refractivity contribution in [3.8, 4) is 17.2 Å². The van der Waals surface area contributed by atoms with E-state index in [1.165, 1.54) is 11.8 Å². The second kappa shape index (κ2) is 9.71. The molecule has 158 valence electrons. The number of methoxy groups -OCH3 is 3. The minimum absolute atomic E-state index is 0.0456. The van der Waals surface area contributed by atoms with Crippen LogP contribution in [0.5, 0.6) is 17.2 Å². The van der Waals surface area contributed by atoms with Gasteiger partial charge in [-0.2, -0.15) is 0 Å². The van der Waals surface area contributed by atoms with Crippen LogP contribution in [0.15, 0.2) is 52.4 Å². The summed E-state index contributed by atoms with van der Waals surface area (Å²) >= 11 is 1.38. The average molecular weight is 427 g/mol. The summed E-state index contributed by atoms with van der Waals surface area (Å²) in [4.78, 5) is 20.2. The van der Waals surface area contributed by atoms with E-state index in [2.05, 4.69) is 13.8 Å². The maximum atomic E-state index is 13.1. The lowest BCUT2D eigenvalue weighted by Gasteiger charge is -2.17. The molecule has 1 saturated heterocycles. The van der Waals surface area contributed by atoms with Gasteiger partial charge in [0.05, 0.1) is 31.9 Å². The molecular weight excluding hydrogens is 400 g/mol. The van der Waals surface area contributed by atoms with Crippen molar-refractivity contribution >= 4 is 34.6 Å². The molecule has 0 N–H and O–H groups in total. The Morgan fingerprint density at radius 1 is 1.00 bits per heavy atom. The van der Waals surface area contributed by atoms with Gasteiger partial charge in [-0.15, -0.1) is 0 Å². The number of ether oxygens (including phenoxy) is 3. The lowest BCUT2D eigenvalue weighted by molar-refractivity contribution is -0.122. The molecule has 1 heterocycles. The maximum absolute atomic E-state index is 13.1. The van der Waals surface area contributed by atoms with E-state index >= 15 is 0 Å². The number of nitrogens with zero attached hydrogens (tertiary/aromatic N) is 2. The molecule has 6 nitrogen and oxygen atoms in total. The van der Waals surface area contributed by atoms with E-state index in [-0.39, 0.29) is 5.91 Å². The largest absolute Gasteiger partial charge is 0.497 e. The van der Waals surface area contributed by atoms with Crippen LogP contribution >= 0.6 is 11.8 Å². The smallest absolute Gasteiger partial charge is 0.266 e. The van der Waals surface area contributed by atoms with Crippen molar-refractivity contribution in [2.75, 3.05) is 27.9 Å². The standard InChI is InChI=1S/C23H26N2O4S/c1-15(2)14-25-22(26)21(13-16-6-11-19(28-4)20(12-16)29-5)30-23(25)24-17-7-9-18(27-3)10-8-17/h6-13,15H,14H2,1-5H3. The number of amidine groups is 1. The normalized spacial score (nSPS) is 16.6. The molecule has 2 aromatic rings. The molecule has 1 fully saturated rings. The highest BCUT2D eigenvalue weighted by Crippen LogP contribution is 2.36. The van der Waals surface area contributed by atoms with Crippen LogP contribution in [0.25, 0.3) is 6.08 Å². The number of thioether (sulfide) groups is 1. The molecule has 0 spiro atoms. The average Bonchev–Trinajstić information content (AvgIpc) is 3.02. The fourth-order valence-electron chi connectivity index (χ4n) is 2.98. The Hall–Kier alpha value is -2.93. The minimum Gasteiger partial charge on any atom is -0.497 e. The molecule has 0 atom stereocenters. The van der Waals surface area contributed by atoms with Gasteiger partial charge in [-0.1, -0.05) is 19.9 Å². The van der Waals surface area contributed by atoms with Crippen LogP contribution in [0, 0.1) is 5.92 Å². The quantitative estimate of drug-likeness (QED) is 0.585. The van der Waals surface area contributed by atoms with Crippen molar-refractivity contribution in [1.29, 1.82) is 0 Å². The summed E-state index contributed by atoms with van der Waals surface area (Å²) in [6.07, 6.45) is 1.86. The van der Waals surface area contributed by atoms with Gasteiger partial charge in [0, 0.05) is 6.54 Å². The summed E-state index contributed by atoms with van der Waals surface area (Å²) in [5.41, 5.74) is 1.63. The fraction of sp³-hybridized carbons (Fsp3) is 0.304. The Bertz CT molecular complexity index is 968. The molecule has 30 heavy (non-hydrogen) atoms.